The second-order valence-corrected chi connectivity index (χ2v) is 4.31. The van der Waals surface area contributed by atoms with Crippen LogP contribution < -0.4 is 5.73 Å². The van der Waals surface area contributed by atoms with Crippen molar-refractivity contribution < 1.29 is 0 Å². The van der Waals surface area contributed by atoms with Crippen LogP contribution in [0.4, 0.5) is 5.69 Å². The van der Waals surface area contributed by atoms with Crippen LogP contribution in [0.2, 0.25) is 0 Å². The molecule has 0 radical (unpaired) electrons. The summed E-state index contributed by atoms with van der Waals surface area (Å²) < 4.78 is 0. The van der Waals surface area contributed by atoms with Gasteiger partial charge in [-0.1, -0.05) is 25.5 Å². The van der Waals surface area contributed by atoms with Crippen LogP contribution in [0.3, 0.4) is 0 Å². The van der Waals surface area contributed by atoms with Gasteiger partial charge in [-0.3, -0.25) is 4.90 Å². The molecule has 0 bridgehead atoms. The minimum atomic E-state index is 0.590. The number of hydrogen-bond acceptors (Lipinski definition) is 2. The Labute approximate surface area is 92.1 Å². The van der Waals surface area contributed by atoms with E-state index in [2.05, 4.69) is 30.0 Å². The molecule has 1 saturated heterocycles. The molecule has 2 rings (SSSR count). The molecule has 1 fully saturated rings. The maximum absolute atomic E-state index is 5.83. The normalized spacial score (nSPS) is 22.9. The summed E-state index contributed by atoms with van der Waals surface area (Å²) in [5, 5.41) is 0. The van der Waals surface area contributed by atoms with Crippen LogP contribution in [-0.4, -0.2) is 18.0 Å². The molecule has 0 aromatic heterocycles. The fourth-order valence-corrected chi connectivity index (χ4v) is 2.51. The lowest BCUT2D eigenvalue weighted by Crippen LogP contribution is -2.33. The van der Waals surface area contributed by atoms with Gasteiger partial charge in [-0.25, -0.2) is 0 Å². The first kappa shape index (κ1) is 10.5. The van der Waals surface area contributed by atoms with Crippen LogP contribution in [0.25, 0.3) is 0 Å². The minimum absolute atomic E-state index is 0.590. The predicted molar refractivity (Wildman–Crippen MR) is 64.7 cm³/mol. The molecule has 1 unspecified atom stereocenters. The second-order valence-electron chi connectivity index (χ2n) is 4.31. The van der Waals surface area contributed by atoms with Crippen molar-refractivity contribution in [1.29, 1.82) is 0 Å². The van der Waals surface area contributed by atoms with Crippen LogP contribution in [-0.2, 0) is 0 Å². The number of nitrogens with two attached hydrogens (primary N) is 1. The Morgan fingerprint density at radius 2 is 2.27 bits per heavy atom. The molecule has 1 aromatic carbocycles. The van der Waals surface area contributed by atoms with Crippen molar-refractivity contribution in [2.45, 2.75) is 32.2 Å². The molecule has 2 heteroatoms. The van der Waals surface area contributed by atoms with Gasteiger partial charge in [-0.2, -0.15) is 0 Å². The molecular weight excluding hydrogens is 184 g/mol. The molecule has 15 heavy (non-hydrogen) atoms. The summed E-state index contributed by atoms with van der Waals surface area (Å²) in [7, 11) is 0. The Hall–Kier alpha value is -1.02. The predicted octanol–water partition coefficient (Wildman–Crippen LogP) is 2.82. The van der Waals surface area contributed by atoms with Gasteiger partial charge in [0.2, 0.25) is 0 Å². The Kier molecular flexibility index (Phi) is 3.27. The molecule has 0 aliphatic carbocycles. The van der Waals surface area contributed by atoms with Gasteiger partial charge in [0.25, 0.3) is 0 Å². The molecule has 1 atom stereocenters. The van der Waals surface area contributed by atoms with E-state index in [0.29, 0.717) is 6.04 Å². The number of rotatable bonds is 2. The molecule has 1 aliphatic rings. The molecule has 82 valence electrons. The smallest absolute Gasteiger partial charge is 0.0348 e. The van der Waals surface area contributed by atoms with Crippen molar-refractivity contribution >= 4 is 5.69 Å². The highest BCUT2D eigenvalue weighted by atomic mass is 15.2. The zero-order valence-electron chi connectivity index (χ0n) is 9.45. The summed E-state index contributed by atoms with van der Waals surface area (Å²) in [4.78, 5) is 2.55. The quantitative estimate of drug-likeness (QED) is 0.751. The van der Waals surface area contributed by atoms with E-state index in [9.17, 15) is 0 Å². The fourth-order valence-electron chi connectivity index (χ4n) is 2.51. The van der Waals surface area contributed by atoms with Gasteiger partial charge in [0, 0.05) is 11.7 Å². The zero-order chi connectivity index (χ0) is 10.7. The van der Waals surface area contributed by atoms with Crippen LogP contribution in [0.15, 0.2) is 24.3 Å². The first-order valence-corrected chi connectivity index (χ1v) is 5.90. The second kappa shape index (κ2) is 4.67. The maximum atomic E-state index is 5.83. The summed E-state index contributed by atoms with van der Waals surface area (Å²) in [6, 6.07) is 8.94. The number of likely N-dealkylation sites (tertiary alicyclic amines) is 1. The minimum Gasteiger partial charge on any atom is -0.399 e. The molecule has 1 aromatic rings. The van der Waals surface area contributed by atoms with Crippen LogP contribution in [0.1, 0.15) is 37.8 Å². The molecule has 1 heterocycles. The van der Waals surface area contributed by atoms with E-state index in [1.54, 1.807) is 0 Å². The number of anilines is 1. The van der Waals surface area contributed by atoms with Crippen molar-refractivity contribution in [2.75, 3.05) is 18.8 Å². The Morgan fingerprint density at radius 3 is 3.00 bits per heavy atom. The fraction of sp³-hybridized carbons (Fsp3) is 0.538. The topological polar surface area (TPSA) is 29.3 Å². The van der Waals surface area contributed by atoms with Crippen molar-refractivity contribution in [3.63, 3.8) is 0 Å². The monoisotopic (exact) mass is 204 g/mol. The third-order valence-corrected chi connectivity index (χ3v) is 3.32. The van der Waals surface area contributed by atoms with E-state index in [-0.39, 0.29) is 0 Å². The van der Waals surface area contributed by atoms with Gasteiger partial charge in [0.1, 0.15) is 0 Å². The highest BCUT2D eigenvalue weighted by Crippen LogP contribution is 2.31. The summed E-state index contributed by atoms with van der Waals surface area (Å²) in [5.74, 6) is 0. The zero-order valence-corrected chi connectivity index (χ0v) is 9.45. The van der Waals surface area contributed by atoms with Crippen LogP contribution in [0.5, 0.6) is 0 Å². The summed E-state index contributed by atoms with van der Waals surface area (Å²) in [6.45, 7) is 4.61. The number of hydrogen-bond donors (Lipinski definition) is 1. The number of nitrogen functional groups attached to an aromatic ring is 1. The van der Waals surface area contributed by atoms with E-state index in [1.807, 2.05) is 6.07 Å². The maximum Gasteiger partial charge on any atom is 0.0348 e. The lowest BCUT2D eigenvalue weighted by atomic mass is 9.95. The van der Waals surface area contributed by atoms with Crippen LogP contribution >= 0.6 is 0 Å². The van der Waals surface area contributed by atoms with E-state index < -0.39 is 0 Å². The Bertz CT molecular complexity index is 322. The lowest BCUT2D eigenvalue weighted by molar-refractivity contribution is 0.157. The van der Waals surface area contributed by atoms with Crippen LogP contribution in [0, 0.1) is 0 Å². The first-order chi connectivity index (χ1) is 7.31. The number of benzene rings is 1. The molecule has 2 N–H and O–H groups in total. The summed E-state index contributed by atoms with van der Waals surface area (Å²) in [6.07, 6.45) is 3.96. The highest BCUT2D eigenvalue weighted by Gasteiger charge is 2.22. The third-order valence-electron chi connectivity index (χ3n) is 3.32. The largest absolute Gasteiger partial charge is 0.399 e. The van der Waals surface area contributed by atoms with E-state index in [0.717, 1.165) is 12.2 Å². The van der Waals surface area contributed by atoms with E-state index in [1.165, 1.54) is 31.4 Å². The summed E-state index contributed by atoms with van der Waals surface area (Å²) in [5.41, 5.74) is 8.10. The number of piperidine rings is 1. The molecule has 2 nitrogen and oxygen atoms in total. The molecule has 0 spiro atoms. The molecule has 0 amide bonds. The molecular formula is C13H20N2. The Morgan fingerprint density at radius 1 is 1.40 bits per heavy atom. The highest BCUT2D eigenvalue weighted by molar-refractivity contribution is 5.41. The average molecular weight is 204 g/mol. The van der Waals surface area contributed by atoms with Crippen molar-refractivity contribution in [2.24, 2.45) is 0 Å². The van der Waals surface area contributed by atoms with Crippen molar-refractivity contribution in [1.82, 2.24) is 4.90 Å². The van der Waals surface area contributed by atoms with Gasteiger partial charge in [-0.05, 0) is 43.6 Å². The van der Waals surface area contributed by atoms with Crippen molar-refractivity contribution in [3.8, 4) is 0 Å². The van der Waals surface area contributed by atoms with Gasteiger partial charge >= 0.3 is 0 Å². The first-order valence-electron chi connectivity index (χ1n) is 5.90. The average Bonchev–Trinajstić information content (AvgIpc) is 2.29. The van der Waals surface area contributed by atoms with Gasteiger partial charge < -0.3 is 5.73 Å². The lowest BCUT2D eigenvalue weighted by Gasteiger charge is -2.35. The molecule has 0 saturated carbocycles. The summed E-state index contributed by atoms with van der Waals surface area (Å²) >= 11 is 0. The van der Waals surface area contributed by atoms with Crippen molar-refractivity contribution in [3.05, 3.63) is 29.8 Å². The molecule has 1 aliphatic heterocycles. The SMILES string of the molecule is CCN1CCCCC1c1cccc(N)c1. The Balaban J connectivity index is 2.20. The van der Waals surface area contributed by atoms with Gasteiger partial charge in [-0.15, -0.1) is 0 Å². The van der Waals surface area contributed by atoms with Gasteiger partial charge in [0.05, 0.1) is 0 Å². The standard InChI is InChI=1S/C13H20N2/c1-2-15-9-4-3-8-13(15)11-6-5-7-12(14)10-11/h5-7,10,13H,2-4,8-9,14H2,1H3. The van der Waals surface area contributed by atoms with E-state index in [4.69, 9.17) is 5.73 Å². The third kappa shape index (κ3) is 2.32. The number of nitrogens with zero attached hydrogens (tertiary/aromatic N) is 1. The van der Waals surface area contributed by atoms with Gasteiger partial charge in [0.15, 0.2) is 0 Å². The van der Waals surface area contributed by atoms with E-state index >= 15 is 0 Å².